The normalized spacial score (nSPS) is 10.2. The van der Waals surface area contributed by atoms with E-state index in [1.54, 1.807) is 0 Å². The highest BCUT2D eigenvalue weighted by Gasteiger charge is 2.14. The first-order valence-electron chi connectivity index (χ1n) is 5.38. The number of carboxylic acid groups (broad SMARTS) is 1. The molecular weight excluding hydrogens is 286 g/mol. The highest BCUT2D eigenvalue weighted by Crippen LogP contribution is 2.21. The van der Waals surface area contributed by atoms with Crippen LogP contribution in [-0.2, 0) is 11.3 Å². The van der Waals surface area contributed by atoms with Crippen LogP contribution in [0.25, 0.3) is 0 Å². The molecule has 0 aliphatic carbocycles. The molecule has 0 radical (unpaired) electrons. The number of hydrogen-bond acceptors (Lipinski definition) is 5. The molecule has 1 amide bonds. The molecular formula is C11H9N3O5S. The van der Waals surface area contributed by atoms with Gasteiger partial charge in [-0.25, -0.2) is 9.59 Å². The van der Waals surface area contributed by atoms with Gasteiger partial charge in [0.25, 0.3) is 5.56 Å². The van der Waals surface area contributed by atoms with Crippen LogP contribution in [0.15, 0.2) is 33.3 Å². The summed E-state index contributed by atoms with van der Waals surface area (Å²) in [6.45, 7) is -0.329. The summed E-state index contributed by atoms with van der Waals surface area (Å²) < 4.78 is 1.00. The molecule has 0 fully saturated rings. The van der Waals surface area contributed by atoms with E-state index < -0.39 is 23.1 Å². The number of thiophene rings is 1. The molecule has 0 saturated carbocycles. The summed E-state index contributed by atoms with van der Waals surface area (Å²) in [5.74, 6) is -1.71. The number of aromatic amines is 1. The van der Waals surface area contributed by atoms with Gasteiger partial charge >= 0.3 is 11.7 Å². The second kappa shape index (κ2) is 5.53. The lowest BCUT2D eigenvalue weighted by Gasteiger charge is -2.06. The third-order valence-corrected chi connectivity index (χ3v) is 3.25. The minimum absolute atomic E-state index is 0.00663. The zero-order valence-corrected chi connectivity index (χ0v) is 10.8. The van der Waals surface area contributed by atoms with E-state index >= 15 is 0 Å². The maximum Gasteiger partial charge on any atom is 0.348 e. The Balaban J connectivity index is 2.13. The number of nitrogens with zero attached hydrogens (tertiary/aromatic N) is 1. The van der Waals surface area contributed by atoms with E-state index in [1.165, 1.54) is 17.6 Å². The molecule has 2 heterocycles. The number of hydrogen-bond donors (Lipinski definition) is 3. The third-order valence-electron chi connectivity index (χ3n) is 2.34. The number of amides is 1. The van der Waals surface area contributed by atoms with Gasteiger partial charge in [0.15, 0.2) is 0 Å². The van der Waals surface area contributed by atoms with Crippen LogP contribution in [0.5, 0.6) is 0 Å². The van der Waals surface area contributed by atoms with Gasteiger partial charge in [0.1, 0.15) is 11.4 Å². The van der Waals surface area contributed by atoms with E-state index in [0.717, 1.165) is 22.0 Å². The number of aromatic nitrogens is 2. The van der Waals surface area contributed by atoms with Crippen LogP contribution < -0.4 is 16.6 Å². The lowest BCUT2D eigenvalue weighted by molar-refractivity contribution is -0.116. The number of aromatic carboxylic acids is 1. The number of carboxylic acids is 1. The number of H-pyrrole nitrogens is 1. The van der Waals surface area contributed by atoms with Gasteiger partial charge in [-0.2, -0.15) is 0 Å². The fraction of sp³-hybridized carbons (Fsp3) is 0.0909. The maximum absolute atomic E-state index is 11.7. The summed E-state index contributed by atoms with van der Waals surface area (Å²) in [5.41, 5.74) is -1.10. The standard InChI is InChI=1S/C11H9N3O5S/c15-7-1-3-14(11(19)13-7)5-8(16)12-6-2-4-20-9(6)10(17)18/h1-4H,5H2,(H,12,16)(H,17,18)(H,13,15,19). The Labute approximate surface area is 115 Å². The molecule has 0 aliphatic rings. The number of rotatable bonds is 4. The predicted octanol–water partition coefficient (Wildman–Crippen LogP) is -0.0650. The van der Waals surface area contributed by atoms with Crippen molar-refractivity contribution in [1.82, 2.24) is 9.55 Å². The van der Waals surface area contributed by atoms with Gasteiger partial charge in [-0.3, -0.25) is 19.1 Å². The first-order chi connectivity index (χ1) is 9.47. The topological polar surface area (TPSA) is 121 Å². The molecule has 20 heavy (non-hydrogen) atoms. The van der Waals surface area contributed by atoms with Gasteiger partial charge in [-0.15, -0.1) is 11.3 Å². The molecule has 0 bridgehead atoms. The van der Waals surface area contributed by atoms with Crippen LogP contribution >= 0.6 is 11.3 Å². The Morgan fingerprint density at radius 1 is 1.35 bits per heavy atom. The van der Waals surface area contributed by atoms with Crippen LogP contribution in [0.2, 0.25) is 0 Å². The second-order valence-corrected chi connectivity index (χ2v) is 4.67. The Morgan fingerprint density at radius 3 is 2.75 bits per heavy atom. The average Bonchev–Trinajstić information content (AvgIpc) is 2.81. The van der Waals surface area contributed by atoms with Crippen molar-refractivity contribution in [2.75, 3.05) is 5.32 Å². The van der Waals surface area contributed by atoms with Crippen LogP contribution in [0.4, 0.5) is 5.69 Å². The zero-order chi connectivity index (χ0) is 14.7. The number of carbonyl (C=O) groups is 2. The predicted molar refractivity (Wildman–Crippen MR) is 71.2 cm³/mol. The van der Waals surface area contributed by atoms with E-state index in [2.05, 4.69) is 5.32 Å². The van der Waals surface area contributed by atoms with Crippen molar-refractivity contribution < 1.29 is 14.7 Å². The maximum atomic E-state index is 11.7. The lowest BCUT2D eigenvalue weighted by Crippen LogP contribution is -2.32. The quantitative estimate of drug-likeness (QED) is 0.729. The molecule has 3 N–H and O–H groups in total. The molecule has 0 atom stereocenters. The van der Waals surface area contributed by atoms with E-state index in [0.29, 0.717) is 0 Å². The average molecular weight is 295 g/mol. The van der Waals surface area contributed by atoms with Crippen LogP contribution in [-0.4, -0.2) is 26.5 Å². The van der Waals surface area contributed by atoms with Gasteiger partial charge in [0.05, 0.1) is 5.69 Å². The highest BCUT2D eigenvalue weighted by atomic mass is 32.1. The summed E-state index contributed by atoms with van der Waals surface area (Å²) in [7, 11) is 0. The first kappa shape index (κ1) is 13.7. The molecule has 9 heteroatoms. The summed E-state index contributed by atoms with van der Waals surface area (Å²) in [4.78, 5) is 46.9. The molecule has 0 aromatic carbocycles. The van der Waals surface area contributed by atoms with Crippen molar-refractivity contribution in [3.63, 3.8) is 0 Å². The molecule has 2 rings (SSSR count). The van der Waals surface area contributed by atoms with E-state index in [1.807, 2.05) is 4.98 Å². The zero-order valence-electron chi connectivity index (χ0n) is 9.95. The molecule has 0 unspecified atom stereocenters. The SMILES string of the molecule is O=C(Cn1ccc(=O)[nH]c1=O)Nc1ccsc1C(=O)O. The van der Waals surface area contributed by atoms with Crippen molar-refractivity contribution in [3.05, 3.63) is 49.4 Å². The fourth-order valence-electron chi connectivity index (χ4n) is 1.49. The summed E-state index contributed by atoms with van der Waals surface area (Å²) in [5, 5.41) is 12.8. The monoisotopic (exact) mass is 295 g/mol. The van der Waals surface area contributed by atoms with Gasteiger partial charge in [0, 0.05) is 12.3 Å². The van der Waals surface area contributed by atoms with Crippen molar-refractivity contribution in [3.8, 4) is 0 Å². The Bertz CT molecular complexity index is 773. The summed E-state index contributed by atoms with van der Waals surface area (Å²) >= 11 is 0.981. The Kier molecular flexibility index (Phi) is 3.80. The molecule has 104 valence electrons. The van der Waals surface area contributed by atoms with Crippen molar-refractivity contribution in [2.45, 2.75) is 6.54 Å². The van der Waals surface area contributed by atoms with E-state index in [9.17, 15) is 19.2 Å². The Hall–Kier alpha value is -2.68. The van der Waals surface area contributed by atoms with E-state index in [-0.39, 0.29) is 17.1 Å². The largest absolute Gasteiger partial charge is 0.477 e. The van der Waals surface area contributed by atoms with Gasteiger partial charge in [-0.05, 0) is 11.4 Å². The first-order valence-corrected chi connectivity index (χ1v) is 6.26. The van der Waals surface area contributed by atoms with Crippen LogP contribution in [0.3, 0.4) is 0 Å². The van der Waals surface area contributed by atoms with Gasteiger partial charge in [-0.1, -0.05) is 0 Å². The minimum Gasteiger partial charge on any atom is -0.477 e. The van der Waals surface area contributed by atoms with Crippen LogP contribution in [0, 0.1) is 0 Å². The third kappa shape index (κ3) is 3.01. The van der Waals surface area contributed by atoms with E-state index in [4.69, 9.17) is 5.11 Å². The highest BCUT2D eigenvalue weighted by molar-refractivity contribution is 7.12. The second-order valence-electron chi connectivity index (χ2n) is 3.75. The van der Waals surface area contributed by atoms with Crippen molar-refractivity contribution in [1.29, 1.82) is 0 Å². The van der Waals surface area contributed by atoms with Crippen molar-refractivity contribution >= 4 is 28.9 Å². The van der Waals surface area contributed by atoms with Gasteiger partial charge < -0.3 is 10.4 Å². The fourth-order valence-corrected chi connectivity index (χ4v) is 2.17. The molecule has 0 spiro atoms. The summed E-state index contributed by atoms with van der Waals surface area (Å²) in [6, 6.07) is 2.57. The Morgan fingerprint density at radius 2 is 2.10 bits per heavy atom. The summed E-state index contributed by atoms with van der Waals surface area (Å²) in [6.07, 6.45) is 1.19. The molecule has 0 saturated heterocycles. The van der Waals surface area contributed by atoms with Crippen molar-refractivity contribution in [2.24, 2.45) is 0 Å². The molecule has 2 aromatic heterocycles. The minimum atomic E-state index is -1.14. The lowest BCUT2D eigenvalue weighted by atomic mass is 10.3. The molecule has 2 aromatic rings. The number of nitrogens with one attached hydrogen (secondary N) is 2. The number of anilines is 1. The molecule has 8 nitrogen and oxygen atoms in total. The smallest absolute Gasteiger partial charge is 0.348 e. The van der Waals surface area contributed by atoms with Crippen LogP contribution in [0.1, 0.15) is 9.67 Å². The molecule has 0 aliphatic heterocycles. The number of carbonyl (C=O) groups excluding carboxylic acids is 1. The van der Waals surface area contributed by atoms with Gasteiger partial charge in [0.2, 0.25) is 5.91 Å².